The monoisotopic (exact) mass is 790 g/mol. The maximum Gasteiger partial charge on any atom is 0.258 e. The third-order valence-corrected chi connectivity index (χ3v) is 13.9. The van der Waals surface area contributed by atoms with Gasteiger partial charge in [-0.2, -0.15) is 0 Å². The molecule has 7 aliphatic rings. The van der Waals surface area contributed by atoms with Gasteiger partial charge in [-0.25, -0.2) is 9.97 Å². The van der Waals surface area contributed by atoms with Gasteiger partial charge in [0.2, 0.25) is 0 Å². The largest absolute Gasteiger partial charge is 0.393 e. The molecule has 2 saturated carbocycles. The van der Waals surface area contributed by atoms with Gasteiger partial charge in [0, 0.05) is 35.5 Å². The van der Waals surface area contributed by atoms with Crippen LogP contribution in [-0.2, 0) is 19.1 Å². The molecule has 12 heteroatoms. The minimum absolute atomic E-state index is 0.00194. The van der Waals surface area contributed by atoms with Crippen LogP contribution >= 0.6 is 0 Å². The number of ether oxygens (including phenoxy) is 2. The summed E-state index contributed by atoms with van der Waals surface area (Å²) in [7, 11) is 0. The lowest BCUT2D eigenvalue weighted by atomic mass is 9.71. The topological polar surface area (TPSA) is 166 Å². The van der Waals surface area contributed by atoms with Crippen LogP contribution in [0.25, 0.3) is 33.6 Å². The van der Waals surface area contributed by atoms with Gasteiger partial charge < -0.3 is 39.9 Å². The molecule has 2 aliphatic carbocycles. The summed E-state index contributed by atoms with van der Waals surface area (Å²) in [6, 6.07) is 15.9. The van der Waals surface area contributed by atoms with Gasteiger partial charge in [0.25, 0.3) is 11.8 Å². The van der Waals surface area contributed by atoms with Crippen LogP contribution < -0.4 is 5.32 Å². The molecule has 5 aliphatic heterocycles. The van der Waals surface area contributed by atoms with Gasteiger partial charge >= 0.3 is 0 Å². The number of rotatable bonds is 10. The molecule has 11 rings (SSSR count). The second-order valence-electron chi connectivity index (χ2n) is 19.7. The van der Waals surface area contributed by atoms with E-state index in [2.05, 4.69) is 105 Å². The molecule has 2 aromatic heterocycles. The van der Waals surface area contributed by atoms with Gasteiger partial charge in [0.05, 0.1) is 48.9 Å². The molecular formula is C46H58N6O6. The smallest absolute Gasteiger partial charge is 0.258 e. The van der Waals surface area contributed by atoms with E-state index in [0.29, 0.717) is 5.82 Å². The van der Waals surface area contributed by atoms with Gasteiger partial charge in [0.1, 0.15) is 11.6 Å². The number of nitrogens with one attached hydrogen (secondary N) is 3. The van der Waals surface area contributed by atoms with Crippen molar-refractivity contribution < 1.29 is 29.3 Å². The molecular weight excluding hydrogens is 733 g/mol. The number of benzene rings is 2. The summed E-state index contributed by atoms with van der Waals surface area (Å²) in [6.07, 6.45) is 10.1. The Bertz CT molecular complexity index is 2160. The van der Waals surface area contributed by atoms with Crippen LogP contribution in [0.4, 0.5) is 0 Å². The number of hydrogen-bond donors (Lipinski definition) is 5. The summed E-state index contributed by atoms with van der Waals surface area (Å²) in [4.78, 5) is 46.7. The number of nitrogens with zero attached hydrogens (tertiary/aromatic N) is 3. The van der Waals surface area contributed by atoms with E-state index in [1.807, 2.05) is 17.3 Å². The molecule has 0 radical (unpaired) electrons. The fourth-order valence-electron chi connectivity index (χ4n) is 10.9. The number of carbonyl (C=O) groups excluding carboxylic acids is 2. The number of imidazole rings is 2. The first-order valence-electron chi connectivity index (χ1n) is 21.2. The Labute approximate surface area is 340 Å². The maximum atomic E-state index is 14.1. The van der Waals surface area contributed by atoms with Gasteiger partial charge in [-0.15, -0.1) is 0 Å². The van der Waals surface area contributed by atoms with Crippen LogP contribution in [0.1, 0.15) is 110 Å². The Morgan fingerprint density at radius 1 is 0.776 bits per heavy atom. The molecule has 308 valence electrons. The average Bonchev–Trinajstić information content (AvgIpc) is 3.95. The number of amides is 2. The minimum atomic E-state index is -1.21. The molecule has 5 saturated heterocycles. The fraction of sp³-hybridized carbons (Fsp3) is 0.565. The van der Waals surface area contributed by atoms with Crippen LogP contribution in [0.2, 0.25) is 0 Å². The van der Waals surface area contributed by atoms with Gasteiger partial charge in [0.15, 0.2) is 11.2 Å². The number of aliphatic hydroxyl groups excluding tert-OH is 2. The summed E-state index contributed by atoms with van der Waals surface area (Å²) in [5, 5.41) is 24.1. The molecule has 5 N–H and O–H groups in total. The second kappa shape index (κ2) is 14.1. The number of aromatic amines is 2. The molecule has 6 bridgehead atoms. The van der Waals surface area contributed by atoms with Crippen molar-refractivity contribution in [1.82, 2.24) is 30.2 Å². The summed E-state index contributed by atoms with van der Waals surface area (Å²) in [5.74, 6) is 1.02. The molecule has 2 aromatic carbocycles. The first kappa shape index (κ1) is 39.1. The Kier molecular flexibility index (Phi) is 9.54. The number of fused-ring (bicyclic) bond motifs is 4. The number of hydrogen-bond acceptors (Lipinski definition) is 8. The first-order valence-corrected chi connectivity index (χ1v) is 21.2. The number of carbonyl (C=O) groups is 2. The highest BCUT2D eigenvalue weighted by atomic mass is 16.5. The van der Waals surface area contributed by atoms with Gasteiger partial charge in [-0.05, 0) is 72.8 Å². The van der Waals surface area contributed by atoms with E-state index in [0.717, 1.165) is 84.4 Å². The highest BCUT2D eigenvalue weighted by molar-refractivity contribution is 5.90. The predicted molar refractivity (Wildman–Crippen MR) is 219 cm³/mol. The molecule has 7 fully saturated rings. The van der Waals surface area contributed by atoms with Crippen LogP contribution in [0.5, 0.6) is 0 Å². The molecule has 5 unspecified atom stereocenters. The van der Waals surface area contributed by atoms with E-state index in [1.165, 1.54) is 0 Å². The normalized spacial score (nSPS) is 30.2. The molecule has 2 amide bonds. The Hall–Kier alpha value is -4.36. The standard InChI is InChI=1S/C46H58N6O6/c1-43(2,3)37(51-41(55)45(24-53)30-15-17-31(57-45)18-16-30)39-47-22-34(49-39)28-11-7-26(8-12-28)27-9-13-29(14-10-27)35-23-48-40(50-35)38(44(4,5)6)52-36-21-32-19-20-33(36)46(25-54,58-32)42(52)56/h7-14,22-23,30-33,36-38,53-54H,15-21,24-25H2,1-6H3,(H,47,49)(H,48,50)(H,51,55)/t30?,31?,32?,33?,36?,37-,38-,45?,46?/m1/s1. The zero-order valence-electron chi connectivity index (χ0n) is 34.5. The molecule has 7 atom stereocenters. The van der Waals surface area contributed by atoms with Crippen molar-refractivity contribution in [2.45, 2.75) is 128 Å². The summed E-state index contributed by atoms with van der Waals surface area (Å²) in [6.45, 7) is 12.0. The lowest BCUT2D eigenvalue weighted by Crippen LogP contribution is -2.63. The molecule has 58 heavy (non-hydrogen) atoms. The van der Waals surface area contributed by atoms with Crippen LogP contribution in [0.3, 0.4) is 0 Å². The highest BCUT2D eigenvalue weighted by Gasteiger charge is 2.68. The molecule has 4 aromatic rings. The van der Waals surface area contributed by atoms with Crippen molar-refractivity contribution in [3.63, 3.8) is 0 Å². The van der Waals surface area contributed by atoms with Crippen LogP contribution in [-0.4, -0.2) is 89.5 Å². The van der Waals surface area contributed by atoms with Crippen molar-refractivity contribution in [3.05, 3.63) is 72.6 Å². The van der Waals surface area contributed by atoms with Gasteiger partial charge in [-0.1, -0.05) is 90.1 Å². The second-order valence-corrected chi connectivity index (χ2v) is 19.7. The van der Waals surface area contributed by atoms with E-state index in [1.54, 1.807) is 0 Å². The number of H-pyrrole nitrogens is 2. The molecule has 0 spiro atoms. The predicted octanol–water partition coefficient (Wildman–Crippen LogP) is 6.89. The third kappa shape index (κ3) is 6.33. The summed E-state index contributed by atoms with van der Waals surface area (Å²) >= 11 is 0. The number of aliphatic hydroxyl groups is 2. The number of likely N-dealkylation sites (tertiary alicyclic amines) is 1. The minimum Gasteiger partial charge on any atom is -0.393 e. The lowest BCUT2D eigenvalue weighted by molar-refractivity contribution is -0.215. The van der Waals surface area contributed by atoms with Crippen molar-refractivity contribution >= 4 is 11.8 Å². The van der Waals surface area contributed by atoms with E-state index < -0.39 is 17.2 Å². The first-order chi connectivity index (χ1) is 27.6. The maximum absolute atomic E-state index is 14.1. The fourth-order valence-corrected chi connectivity index (χ4v) is 10.9. The quantitative estimate of drug-likeness (QED) is 0.116. The summed E-state index contributed by atoms with van der Waals surface area (Å²) < 4.78 is 12.5. The van der Waals surface area contributed by atoms with E-state index >= 15 is 0 Å². The average molecular weight is 791 g/mol. The summed E-state index contributed by atoms with van der Waals surface area (Å²) in [5.41, 5.74) is 2.60. The number of aromatic nitrogens is 4. The zero-order valence-corrected chi connectivity index (χ0v) is 34.5. The van der Waals surface area contributed by atoms with Gasteiger partial charge in [-0.3, -0.25) is 9.59 Å². The SMILES string of the molecule is CC(C)(C)[C@H](NC(=O)C1(CO)OC2CCC1CC2)c1nc(-c2ccc(-c3ccc(-c4c[nH]c([C@@H](N5C(=O)C6(CO)OC7CCC6C5C7)C(C)(C)C)n4)cc3)cc2)c[nH]1. The van der Waals surface area contributed by atoms with Crippen LogP contribution in [0, 0.1) is 22.7 Å². The Balaban J connectivity index is 0.900. The lowest BCUT2D eigenvalue weighted by Gasteiger charge is -2.50. The van der Waals surface area contributed by atoms with E-state index in [9.17, 15) is 19.8 Å². The third-order valence-electron chi connectivity index (χ3n) is 13.9. The Morgan fingerprint density at radius 2 is 1.33 bits per heavy atom. The molecule has 12 nitrogen and oxygen atoms in total. The molecule has 7 heterocycles. The van der Waals surface area contributed by atoms with E-state index in [-0.39, 0.29) is 72.0 Å². The Morgan fingerprint density at radius 3 is 1.81 bits per heavy atom. The van der Waals surface area contributed by atoms with Crippen LogP contribution in [0.15, 0.2) is 60.9 Å². The van der Waals surface area contributed by atoms with Crippen molar-refractivity contribution in [2.75, 3.05) is 13.2 Å². The van der Waals surface area contributed by atoms with Crippen molar-refractivity contribution in [1.29, 1.82) is 0 Å². The van der Waals surface area contributed by atoms with Crippen molar-refractivity contribution in [2.24, 2.45) is 22.7 Å². The zero-order chi connectivity index (χ0) is 40.8. The van der Waals surface area contributed by atoms with Crippen molar-refractivity contribution in [3.8, 4) is 33.6 Å². The highest BCUT2D eigenvalue weighted by Crippen LogP contribution is 2.56. The van der Waals surface area contributed by atoms with E-state index in [4.69, 9.17) is 19.4 Å².